The number of nitrogens with two attached hydrogens (primary N) is 1. The van der Waals surface area contributed by atoms with Gasteiger partial charge in [-0.2, -0.15) is 0 Å². The Bertz CT molecular complexity index is 752. The Kier molecular flexibility index (Phi) is 6.52. The lowest BCUT2D eigenvalue weighted by atomic mass is 10.0. The highest BCUT2D eigenvalue weighted by molar-refractivity contribution is 9.10. The van der Waals surface area contributed by atoms with E-state index in [1.165, 1.54) is 6.07 Å². The first-order valence-electron chi connectivity index (χ1n) is 7.72. The van der Waals surface area contributed by atoms with Crippen molar-refractivity contribution in [3.05, 3.63) is 69.9 Å². The molecule has 132 valence electrons. The summed E-state index contributed by atoms with van der Waals surface area (Å²) in [6, 6.07) is 11.7. The van der Waals surface area contributed by atoms with Crippen molar-refractivity contribution in [3.8, 4) is 0 Å². The fourth-order valence-electron chi connectivity index (χ4n) is 2.51. The van der Waals surface area contributed by atoms with Gasteiger partial charge in [-0.3, -0.25) is 4.79 Å². The SMILES string of the molecule is CC(NC(=O)CC(NC(N)=O)c1ccc(Br)cc1)c1ccccc1F. The number of nitrogens with one attached hydrogen (secondary N) is 2. The predicted molar refractivity (Wildman–Crippen MR) is 97.2 cm³/mol. The molecule has 2 rings (SSSR count). The molecule has 2 aromatic rings. The molecule has 25 heavy (non-hydrogen) atoms. The van der Waals surface area contributed by atoms with Gasteiger partial charge < -0.3 is 16.4 Å². The van der Waals surface area contributed by atoms with E-state index in [2.05, 4.69) is 26.6 Å². The van der Waals surface area contributed by atoms with Crippen molar-refractivity contribution in [3.63, 3.8) is 0 Å². The first-order chi connectivity index (χ1) is 11.9. The summed E-state index contributed by atoms with van der Waals surface area (Å²) in [6.07, 6.45) is -0.0106. The van der Waals surface area contributed by atoms with E-state index in [1.807, 2.05) is 12.1 Å². The van der Waals surface area contributed by atoms with E-state index >= 15 is 0 Å². The lowest BCUT2D eigenvalue weighted by molar-refractivity contribution is -0.122. The zero-order valence-electron chi connectivity index (χ0n) is 13.6. The van der Waals surface area contributed by atoms with Crippen LogP contribution in [0.1, 0.15) is 36.6 Å². The van der Waals surface area contributed by atoms with Crippen LogP contribution in [0.2, 0.25) is 0 Å². The normalized spacial score (nSPS) is 12.9. The zero-order chi connectivity index (χ0) is 18.4. The molecule has 0 saturated heterocycles. The van der Waals surface area contributed by atoms with Crippen LogP contribution in [0, 0.1) is 5.82 Å². The average molecular weight is 408 g/mol. The number of urea groups is 1. The summed E-state index contributed by atoms with van der Waals surface area (Å²) < 4.78 is 14.7. The number of rotatable bonds is 6. The quantitative estimate of drug-likeness (QED) is 0.683. The minimum absolute atomic E-state index is 0.0106. The Morgan fingerprint density at radius 3 is 2.36 bits per heavy atom. The van der Waals surface area contributed by atoms with E-state index in [4.69, 9.17) is 5.73 Å². The van der Waals surface area contributed by atoms with Gasteiger partial charge >= 0.3 is 6.03 Å². The van der Waals surface area contributed by atoms with Crippen molar-refractivity contribution in [1.82, 2.24) is 10.6 Å². The molecule has 2 atom stereocenters. The molecule has 3 amide bonds. The number of hydrogen-bond acceptors (Lipinski definition) is 2. The molecule has 0 saturated carbocycles. The Labute approximate surface area is 153 Å². The minimum Gasteiger partial charge on any atom is -0.352 e. The molecule has 7 heteroatoms. The van der Waals surface area contributed by atoms with Crippen molar-refractivity contribution < 1.29 is 14.0 Å². The second-order valence-corrected chi connectivity index (χ2v) is 6.54. The molecule has 0 spiro atoms. The van der Waals surface area contributed by atoms with Gasteiger partial charge in [0.05, 0.1) is 18.5 Å². The maximum Gasteiger partial charge on any atom is 0.312 e. The fraction of sp³-hybridized carbons (Fsp3) is 0.222. The largest absolute Gasteiger partial charge is 0.352 e. The van der Waals surface area contributed by atoms with Crippen LogP contribution >= 0.6 is 15.9 Å². The molecule has 2 unspecified atom stereocenters. The van der Waals surface area contributed by atoms with Crippen molar-refractivity contribution >= 4 is 27.9 Å². The third-order valence-electron chi connectivity index (χ3n) is 3.73. The van der Waals surface area contributed by atoms with E-state index in [1.54, 1.807) is 37.3 Å². The van der Waals surface area contributed by atoms with E-state index in [-0.39, 0.29) is 18.1 Å². The zero-order valence-corrected chi connectivity index (χ0v) is 15.2. The van der Waals surface area contributed by atoms with Gasteiger partial charge in [0, 0.05) is 10.0 Å². The summed E-state index contributed by atoms with van der Waals surface area (Å²) in [5, 5.41) is 5.30. The predicted octanol–water partition coefficient (Wildman–Crippen LogP) is 3.57. The van der Waals surface area contributed by atoms with Crippen LogP contribution in [-0.2, 0) is 4.79 Å². The Morgan fingerprint density at radius 2 is 1.76 bits per heavy atom. The number of hydrogen-bond donors (Lipinski definition) is 3. The third-order valence-corrected chi connectivity index (χ3v) is 4.26. The maximum atomic E-state index is 13.8. The van der Waals surface area contributed by atoms with Gasteiger partial charge in [-0.25, -0.2) is 9.18 Å². The molecule has 0 aliphatic rings. The Balaban J connectivity index is 2.07. The minimum atomic E-state index is -0.720. The summed E-state index contributed by atoms with van der Waals surface area (Å²) >= 11 is 3.33. The maximum absolute atomic E-state index is 13.8. The van der Waals surface area contributed by atoms with Gasteiger partial charge in [0.2, 0.25) is 5.91 Å². The van der Waals surface area contributed by atoms with E-state index in [0.717, 1.165) is 10.0 Å². The van der Waals surface area contributed by atoms with Crippen molar-refractivity contribution in [2.24, 2.45) is 5.73 Å². The number of carbonyl (C=O) groups is 2. The van der Waals surface area contributed by atoms with E-state index < -0.39 is 18.1 Å². The molecule has 0 radical (unpaired) electrons. The highest BCUT2D eigenvalue weighted by Crippen LogP contribution is 2.21. The highest BCUT2D eigenvalue weighted by Gasteiger charge is 2.20. The van der Waals surface area contributed by atoms with Crippen LogP contribution in [0.25, 0.3) is 0 Å². The summed E-state index contributed by atoms with van der Waals surface area (Å²) in [7, 11) is 0. The second kappa shape index (κ2) is 8.62. The van der Waals surface area contributed by atoms with Crippen LogP contribution in [0.5, 0.6) is 0 Å². The van der Waals surface area contributed by atoms with E-state index in [0.29, 0.717) is 5.56 Å². The smallest absolute Gasteiger partial charge is 0.312 e. The lowest BCUT2D eigenvalue weighted by Crippen LogP contribution is -2.37. The van der Waals surface area contributed by atoms with Gasteiger partial charge in [0.25, 0.3) is 0 Å². The number of amides is 3. The molecule has 5 nitrogen and oxygen atoms in total. The Morgan fingerprint density at radius 1 is 1.12 bits per heavy atom. The summed E-state index contributed by atoms with van der Waals surface area (Å²) in [5.74, 6) is -0.701. The van der Waals surface area contributed by atoms with Crippen molar-refractivity contribution in [1.29, 1.82) is 0 Å². The number of carbonyl (C=O) groups excluding carboxylic acids is 2. The fourth-order valence-corrected chi connectivity index (χ4v) is 2.77. The Hall–Kier alpha value is -2.41. The van der Waals surface area contributed by atoms with Crippen LogP contribution in [0.4, 0.5) is 9.18 Å². The number of primary amides is 1. The summed E-state index contributed by atoms with van der Waals surface area (Å²) in [6.45, 7) is 1.70. The highest BCUT2D eigenvalue weighted by atomic mass is 79.9. The molecule has 0 bridgehead atoms. The second-order valence-electron chi connectivity index (χ2n) is 5.63. The number of halogens is 2. The molecule has 0 aliphatic carbocycles. The van der Waals surface area contributed by atoms with Crippen LogP contribution in [0.15, 0.2) is 53.0 Å². The van der Waals surface area contributed by atoms with Crippen LogP contribution < -0.4 is 16.4 Å². The van der Waals surface area contributed by atoms with Crippen LogP contribution in [0.3, 0.4) is 0 Å². The molecule has 0 heterocycles. The monoisotopic (exact) mass is 407 g/mol. The van der Waals surface area contributed by atoms with Crippen LogP contribution in [-0.4, -0.2) is 11.9 Å². The average Bonchev–Trinajstić information content (AvgIpc) is 2.54. The summed E-state index contributed by atoms with van der Waals surface area (Å²) in [5.41, 5.74) is 6.36. The van der Waals surface area contributed by atoms with Crippen molar-refractivity contribution in [2.45, 2.75) is 25.4 Å². The van der Waals surface area contributed by atoms with Gasteiger partial charge in [-0.05, 0) is 30.7 Å². The van der Waals surface area contributed by atoms with E-state index in [9.17, 15) is 14.0 Å². The third kappa shape index (κ3) is 5.56. The first kappa shape index (κ1) is 18.9. The molecular weight excluding hydrogens is 389 g/mol. The molecule has 0 aromatic heterocycles. The first-order valence-corrected chi connectivity index (χ1v) is 8.51. The topological polar surface area (TPSA) is 84.2 Å². The number of benzene rings is 2. The molecular formula is C18H19BrFN3O2. The van der Waals surface area contributed by atoms with Crippen molar-refractivity contribution in [2.75, 3.05) is 0 Å². The molecule has 4 N–H and O–H groups in total. The van der Waals surface area contributed by atoms with Gasteiger partial charge in [-0.15, -0.1) is 0 Å². The van der Waals surface area contributed by atoms with Gasteiger partial charge in [0.15, 0.2) is 0 Å². The standard InChI is InChI=1S/C18H19BrFN3O2/c1-11(14-4-2-3-5-15(14)20)22-17(24)10-16(23-18(21)25)12-6-8-13(19)9-7-12/h2-9,11,16H,10H2,1H3,(H,22,24)(H3,21,23,25). The van der Waals surface area contributed by atoms with Gasteiger partial charge in [0.1, 0.15) is 5.82 Å². The summed E-state index contributed by atoms with van der Waals surface area (Å²) in [4.78, 5) is 23.6. The molecule has 0 fully saturated rings. The molecule has 0 aliphatic heterocycles. The molecule has 2 aromatic carbocycles. The van der Waals surface area contributed by atoms with Gasteiger partial charge in [-0.1, -0.05) is 46.3 Å². The lowest BCUT2D eigenvalue weighted by Gasteiger charge is -2.20.